The Labute approximate surface area is 219 Å². The van der Waals surface area contributed by atoms with Gasteiger partial charge in [0, 0.05) is 41.4 Å². The van der Waals surface area contributed by atoms with Crippen molar-refractivity contribution in [3.8, 4) is 17.6 Å². The van der Waals surface area contributed by atoms with E-state index in [4.69, 9.17) is 16.3 Å². The van der Waals surface area contributed by atoms with Crippen LogP contribution in [0.1, 0.15) is 79.3 Å². The highest BCUT2D eigenvalue weighted by molar-refractivity contribution is 6.32. The van der Waals surface area contributed by atoms with Gasteiger partial charge in [-0.15, -0.1) is 0 Å². The molecule has 4 aliphatic rings. The molecule has 0 N–H and O–H groups in total. The molecule has 0 aromatic heterocycles. The summed E-state index contributed by atoms with van der Waals surface area (Å²) in [6.07, 6.45) is 12.0. The molecule has 3 heterocycles. The molecule has 6 rings (SSSR count). The van der Waals surface area contributed by atoms with Crippen molar-refractivity contribution in [1.82, 2.24) is 4.90 Å². The van der Waals surface area contributed by atoms with Crippen LogP contribution in [0.5, 0.6) is 5.75 Å². The van der Waals surface area contributed by atoms with Gasteiger partial charge in [-0.3, -0.25) is 4.79 Å². The number of benzene rings is 2. The SMILES string of the molecule is CN1[C@@H]2CC[C@H]1CC(Oc1ccc(N3CCc4cc(C#CC5CCCCC5)ccc4C3=O)cc1Cl)C2. The van der Waals surface area contributed by atoms with Crippen molar-refractivity contribution in [3.05, 3.63) is 58.1 Å². The van der Waals surface area contributed by atoms with Crippen molar-refractivity contribution in [2.24, 2.45) is 5.92 Å². The number of hydrogen-bond acceptors (Lipinski definition) is 3. The van der Waals surface area contributed by atoms with Crippen LogP contribution in [0, 0.1) is 17.8 Å². The number of halogens is 1. The summed E-state index contributed by atoms with van der Waals surface area (Å²) in [5.41, 5.74) is 3.71. The van der Waals surface area contributed by atoms with Gasteiger partial charge in [0.2, 0.25) is 0 Å². The largest absolute Gasteiger partial charge is 0.489 e. The second-order valence-corrected chi connectivity index (χ2v) is 11.5. The second kappa shape index (κ2) is 10.1. The number of ether oxygens (including phenoxy) is 1. The van der Waals surface area contributed by atoms with Gasteiger partial charge >= 0.3 is 0 Å². The lowest BCUT2D eigenvalue weighted by Crippen LogP contribution is -2.43. The number of fused-ring (bicyclic) bond motifs is 3. The summed E-state index contributed by atoms with van der Waals surface area (Å²) in [6.45, 7) is 0.639. The monoisotopic (exact) mass is 502 g/mol. The lowest BCUT2D eigenvalue weighted by atomic mass is 9.89. The molecule has 4 nitrogen and oxygen atoms in total. The maximum atomic E-state index is 13.4. The minimum atomic E-state index is 0.0275. The van der Waals surface area contributed by atoms with Gasteiger partial charge in [0.1, 0.15) is 11.9 Å². The highest BCUT2D eigenvalue weighted by atomic mass is 35.5. The van der Waals surface area contributed by atoms with E-state index in [1.54, 1.807) is 0 Å². The zero-order valence-electron chi connectivity index (χ0n) is 21.1. The molecule has 1 unspecified atom stereocenters. The lowest BCUT2D eigenvalue weighted by molar-refractivity contribution is 0.0662. The normalized spacial score (nSPS) is 26.3. The van der Waals surface area contributed by atoms with E-state index >= 15 is 0 Å². The molecule has 1 amide bonds. The fourth-order valence-electron chi connectivity index (χ4n) is 6.64. The maximum Gasteiger partial charge on any atom is 0.258 e. The number of nitrogens with zero attached hydrogens (tertiary/aromatic N) is 2. The Balaban J connectivity index is 1.14. The molecule has 2 aromatic carbocycles. The Bertz CT molecular complexity index is 1190. The van der Waals surface area contributed by atoms with Gasteiger partial charge in [-0.25, -0.2) is 0 Å². The molecule has 36 heavy (non-hydrogen) atoms. The van der Waals surface area contributed by atoms with Crippen LogP contribution in [0.3, 0.4) is 0 Å². The van der Waals surface area contributed by atoms with E-state index in [0.29, 0.717) is 29.6 Å². The van der Waals surface area contributed by atoms with Crippen LogP contribution in [-0.2, 0) is 6.42 Å². The molecule has 1 aliphatic carbocycles. The average molecular weight is 503 g/mol. The van der Waals surface area contributed by atoms with E-state index in [1.807, 2.05) is 35.2 Å². The number of anilines is 1. The molecular formula is C31H35ClN2O2. The van der Waals surface area contributed by atoms with E-state index in [-0.39, 0.29) is 12.0 Å². The predicted octanol–water partition coefficient (Wildman–Crippen LogP) is 6.48. The van der Waals surface area contributed by atoms with Crippen molar-refractivity contribution >= 4 is 23.2 Å². The van der Waals surface area contributed by atoms with E-state index in [9.17, 15) is 4.79 Å². The van der Waals surface area contributed by atoms with E-state index in [2.05, 4.69) is 29.9 Å². The van der Waals surface area contributed by atoms with Gasteiger partial charge in [0.05, 0.1) is 5.02 Å². The summed E-state index contributed by atoms with van der Waals surface area (Å²) in [7, 11) is 2.24. The third-order valence-electron chi connectivity index (χ3n) is 8.79. The van der Waals surface area contributed by atoms with E-state index in [1.165, 1.54) is 44.9 Å². The fourth-order valence-corrected chi connectivity index (χ4v) is 6.85. The van der Waals surface area contributed by atoms with Crippen LogP contribution in [0.15, 0.2) is 36.4 Å². The van der Waals surface area contributed by atoms with Crippen LogP contribution in [0.2, 0.25) is 5.02 Å². The number of amides is 1. The van der Waals surface area contributed by atoms with Crippen molar-refractivity contribution in [3.63, 3.8) is 0 Å². The Hall–Kier alpha value is -2.48. The van der Waals surface area contributed by atoms with Crippen LogP contribution in [0.4, 0.5) is 5.69 Å². The Kier molecular flexibility index (Phi) is 6.71. The molecule has 2 bridgehead atoms. The third-order valence-corrected chi connectivity index (χ3v) is 9.08. The highest BCUT2D eigenvalue weighted by Gasteiger charge is 2.39. The molecule has 0 radical (unpaired) electrons. The van der Waals surface area contributed by atoms with Crippen LogP contribution >= 0.6 is 11.6 Å². The minimum absolute atomic E-state index is 0.0275. The first-order valence-corrected chi connectivity index (χ1v) is 14.1. The quantitative estimate of drug-likeness (QED) is 0.450. The summed E-state index contributed by atoms with van der Waals surface area (Å²) in [5, 5.41) is 0.575. The first-order chi connectivity index (χ1) is 17.5. The Morgan fingerprint density at radius 3 is 2.50 bits per heavy atom. The molecule has 3 atom stereocenters. The molecule has 1 saturated carbocycles. The summed E-state index contributed by atoms with van der Waals surface area (Å²) in [5.74, 6) is 8.12. The van der Waals surface area contributed by atoms with Gasteiger partial charge in [0.25, 0.3) is 5.91 Å². The zero-order valence-corrected chi connectivity index (χ0v) is 21.9. The Morgan fingerprint density at radius 2 is 1.75 bits per heavy atom. The minimum Gasteiger partial charge on any atom is -0.489 e. The third kappa shape index (κ3) is 4.76. The molecule has 5 heteroatoms. The van der Waals surface area contributed by atoms with Crippen LogP contribution in [0.25, 0.3) is 0 Å². The summed E-state index contributed by atoms with van der Waals surface area (Å²) >= 11 is 6.66. The van der Waals surface area contributed by atoms with Crippen molar-refractivity contribution in [2.45, 2.75) is 82.4 Å². The molecule has 2 aromatic rings. The first-order valence-electron chi connectivity index (χ1n) is 13.7. The maximum absolute atomic E-state index is 13.4. The fraction of sp³-hybridized carbons (Fsp3) is 0.516. The smallest absolute Gasteiger partial charge is 0.258 e. The molecule has 0 spiro atoms. The summed E-state index contributed by atoms with van der Waals surface area (Å²) in [6, 6.07) is 13.1. The number of rotatable bonds is 3. The van der Waals surface area contributed by atoms with Gasteiger partial charge in [-0.2, -0.15) is 0 Å². The lowest BCUT2D eigenvalue weighted by Gasteiger charge is -2.36. The van der Waals surface area contributed by atoms with Gasteiger partial charge < -0.3 is 14.5 Å². The van der Waals surface area contributed by atoms with Crippen LogP contribution < -0.4 is 9.64 Å². The molecule has 2 saturated heterocycles. The van der Waals surface area contributed by atoms with Crippen molar-refractivity contribution in [1.29, 1.82) is 0 Å². The standard InChI is InChI=1S/C31H35ClN2O2/c1-33-24-10-11-25(33)19-27(18-24)36-30-14-12-26(20-29(30)32)34-16-15-23-17-22(9-13-28(23)31(34)35)8-7-21-5-3-2-4-6-21/h9,12-14,17,20-21,24-25,27H,2-6,10-11,15-16,18-19H2,1H3/t24-,25+,27?. The number of carbonyl (C=O) groups excluding carboxylic acids is 1. The molecule has 188 valence electrons. The second-order valence-electron chi connectivity index (χ2n) is 11.1. The average Bonchev–Trinajstić information content (AvgIpc) is 3.09. The molecular weight excluding hydrogens is 468 g/mol. The van der Waals surface area contributed by atoms with Crippen molar-refractivity contribution in [2.75, 3.05) is 18.5 Å². The number of piperidine rings is 1. The van der Waals surface area contributed by atoms with Crippen LogP contribution in [-0.4, -0.2) is 42.6 Å². The Morgan fingerprint density at radius 1 is 0.972 bits per heavy atom. The van der Waals surface area contributed by atoms with Crippen molar-refractivity contribution < 1.29 is 9.53 Å². The van der Waals surface area contributed by atoms with Gasteiger partial charge in [-0.1, -0.05) is 42.7 Å². The predicted molar refractivity (Wildman–Crippen MR) is 145 cm³/mol. The van der Waals surface area contributed by atoms with Gasteiger partial charge in [-0.05, 0) is 94.0 Å². The topological polar surface area (TPSA) is 32.8 Å². The first kappa shape index (κ1) is 23.9. The van der Waals surface area contributed by atoms with Gasteiger partial charge in [0.15, 0.2) is 0 Å². The zero-order chi connectivity index (χ0) is 24.6. The summed E-state index contributed by atoms with van der Waals surface area (Å²) in [4.78, 5) is 17.7. The van der Waals surface area contributed by atoms with E-state index < -0.39 is 0 Å². The molecule has 3 aliphatic heterocycles. The summed E-state index contributed by atoms with van der Waals surface area (Å²) < 4.78 is 6.35. The number of carbonyl (C=O) groups is 1. The highest BCUT2D eigenvalue weighted by Crippen LogP contribution is 2.38. The molecule has 3 fully saturated rings. The van der Waals surface area contributed by atoms with E-state index in [0.717, 1.165) is 47.4 Å². The number of hydrogen-bond donors (Lipinski definition) is 0.